The van der Waals surface area contributed by atoms with Crippen molar-refractivity contribution in [2.45, 2.75) is 31.2 Å². The molecule has 18 heavy (non-hydrogen) atoms. The molecule has 0 unspecified atom stereocenters. The molecule has 2 aliphatic heterocycles. The zero-order valence-electron chi connectivity index (χ0n) is 11.4. The summed E-state index contributed by atoms with van der Waals surface area (Å²) in [5.74, 6) is 0. The van der Waals surface area contributed by atoms with Gasteiger partial charge in [-0.2, -0.15) is 5.26 Å². The van der Waals surface area contributed by atoms with E-state index in [0.29, 0.717) is 13.1 Å². The van der Waals surface area contributed by atoms with Gasteiger partial charge in [-0.3, -0.25) is 4.90 Å². The van der Waals surface area contributed by atoms with Gasteiger partial charge in [-0.15, -0.1) is 0 Å². The SMILES string of the molecule is CN(C)C(=O)N1CCC(C#N)(N2CCCC2)CC1. The molecule has 0 N–H and O–H groups in total. The van der Waals surface area contributed by atoms with E-state index in [1.54, 1.807) is 19.0 Å². The number of likely N-dealkylation sites (tertiary alicyclic amines) is 2. The molecular formula is C13H22N4O. The molecule has 2 fully saturated rings. The van der Waals surface area contributed by atoms with Crippen LogP contribution in [0.2, 0.25) is 0 Å². The molecule has 2 heterocycles. The smallest absolute Gasteiger partial charge is 0.319 e. The van der Waals surface area contributed by atoms with Crippen molar-refractivity contribution < 1.29 is 4.79 Å². The first-order valence-electron chi connectivity index (χ1n) is 6.71. The van der Waals surface area contributed by atoms with E-state index in [2.05, 4.69) is 11.0 Å². The summed E-state index contributed by atoms with van der Waals surface area (Å²) in [6.07, 6.45) is 3.96. The Bertz CT molecular complexity index is 346. The Morgan fingerprint density at radius 3 is 2.17 bits per heavy atom. The fraction of sp³-hybridized carbons (Fsp3) is 0.846. The van der Waals surface area contributed by atoms with E-state index in [-0.39, 0.29) is 11.6 Å². The van der Waals surface area contributed by atoms with Crippen molar-refractivity contribution in [2.75, 3.05) is 40.3 Å². The highest BCUT2D eigenvalue weighted by Crippen LogP contribution is 2.31. The average Bonchev–Trinajstić information content (AvgIpc) is 2.92. The van der Waals surface area contributed by atoms with Crippen LogP contribution in [0.4, 0.5) is 4.79 Å². The van der Waals surface area contributed by atoms with Crippen molar-refractivity contribution in [3.8, 4) is 6.07 Å². The quantitative estimate of drug-likeness (QED) is 0.701. The van der Waals surface area contributed by atoms with Gasteiger partial charge < -0.3 is 9.80 Å². The molecular weight excluding hydrogens is 228 g/mol. The van der Waals surface area contributed by atoms with Gasteiger partial charge in [0.2, 0.25) is 0 Å². The van der Waals surface area contributed by atoms with E-state index < -0.39 is 0 Å². The highest BCUT2D eigenvalue weighted by atomic mass is 16.2. The minimum Gasteiger partial charge on any atom is -0.331 e. The molecule has 5 nitrogen and oxygen atoms in total. The predicted molar refractivity (Wildman–Crippen MR) is 69.0 cm³/mol. The maximum absolute atomic E-state index is 11.9. The molecule has 2 aliphatic rings. The number of carbonyl (C=O) groups excluding carboxylic acids is 1. The maximum Gasteiger partial charge on any atom is 0.319 e. The largest absolute Gasteiger partial charge is 0.331 e. The van der Waals surface area contributed by atoms with Crippen LogP contribution < -0.4 is 0 Å². The molecule has 0 aromatic carbocycles. The average molecular weight is 250 g/mol. The zero-order chi connectivity index (χ0) is 13.2. The third-order valence-electron chi connectivity index (χ3n) is 4.16. The minimum absolute atomic E-state index is 0.0583. The Hall–Kier alpha value is -1.28. The molecule has 0 aliphatic carbocycles. The number of hydrogen-bond donors (Lipinski definition) is 0. The van der Waals surface area contributed by atoms with Crippen molar-refractivity contribution in [3.05, 3.63) is 0 Å². The monoisotopic (exact) mass is 250 g/mol. The summed E-state index contributed by atoms with van der Waals surface area (Å²) in [6.45, 7) is 3.46. The molecule has 2 saturated heterocycles. The van der Waals surface area contributed by atoms with E-state index in [0.717, 1.165) is 25.9 Å². The first-order chi connectivity index (χ1) is 8.59. The summed E-state index contributed by atoms with van der Waals surface area (Å²) >= 11 is 0. The molecule has 0 bridgehead atoms. The fourth-order valence-electron chi connectivity index (χ4n) is 2.99. The molecule has 0 saturated carbocycles. The Kier molecular flexibility index (Phi) is 3.76. The molecule has 5 heteroatoms. The van der Waals surface area contributed by atoms with Crippen LogP contribution in [0, 0.1) is 11.3 Å². The molecule has 2 rings (SSSR count). The number of piperidine rings is 1. The van der Waals surface area contributed by atoms with Crippen molar-refractivity contribution in [1.29, 1.82) is 5.26 Å². The van der Waals surface area contributed by atoms with E-state index >= 15 is 0 Å². The number of nitrogens with zero attached hydrogens (tertiary/aromatic N) is 4. The van der Waals surface area contributed by atoms with Crippen LogP contribution in [0.1, 0.15) is 25.7 Å². The van der Waals surface area contributed by atoms with Crippen LogP contribution in [0.25, 0.3) is 0 Å². The summed E-state index contributed by atoms with van der Waals surface area (Å²) in [4.78, 5) is 17.7. The predicted octanol–water partition coefficient (Wildman–Crippen LogP) is 1.12. The molecule has 100 valence electrons. The first kappa shape index (κ1) is 13.2. The summed E-state index contributed by atoms with van der Waals surface area (Å²) in [5, 5.41) is 9.53. The van der Waals surface area contributed by atoms with Gasteiger partial charge >= 0.3 is 6.03 Å². The second kappa shape index (κ2) is 5.15. The second-order valence-corrected chi connectivity index (χ2v) is 5.50. The number of amides is 2. The Labute approximate surface area is 109 Å². The minimum atomic E-state index is -0.320. The van der Waals surface area contributed by atoms with E-state index in [9.17, 15) is 10.1 Å². The zero-order valence-corrected chi connectivity index (χ0v) is 11.4. The lowest BCUT2D eigenvalue weighted by atomic mass is 9.87. The standard InChI is InChI=1S/C13H22N4O/c1-15(2)12(18)16-9-5-13(11-14,6-10-16)17-7-3-4-8-17/h3-10H2,1-2H3. The summed E-state index contributed by atoms with van der Waals surface area (Å²) < 4.78 is 0. The van der Waals surface area contributed by atoms with Gasteiger partial charge in [0.25, 0.3) is 0 Å². The summed E-state index contributed by atoms with van der Waals surface area (Å²) in [7, 11) is 3.55. The molecule has 2 amide bonds. The first-order valence-corrected chi connectivity index (χ1v) is 6.71. The van der Waals surface area contributed by atoms with Gasteiger partial charge in [0.15, 0.2) is 0 Å². The third-order valence-corrected chi connectivity index (χ3v) is 4.16. The molecule has 0 atom stereocenters. The number of carbonyl (C=O) groups is 1. The van der Waals surface area contributed by atoms with E-state index in [1.165, 1.54) is 12.8 Å². The number of nitriles is 1. The summed E-state index contributed by atoms with van der Waals surface area (Å²) in [6, 6.07) is 2.58. The molecule has 0 aromatic heterocycles. The second-order valence-electron chi connectivity index (χ2n) is 5.50. The Morgan fingerprint density at radius 2 is 1.72 bits per heavy atom. The molecule has 0 aromatic rings. The number of urea groups is 1. The third kappa shape index (κ3) is 2.30. The van der Waals surface area contributed by atoms with E-state index in [1.807, 2.05) is 4.90 Å². The highest BCUT2D eigenvalue weighted by molar-refractivity contribution is 5.74. The van der Waals surface area contributed by atoms with Crippen LogP contribution in [0.15, 0.2) is 0 Å². The van der Waals surface area contributed by atoms with Gasteiger partial charge in [0.05, 0.1) is 6.07 Å². The summed E-state index contributed by atoms with van der Waals surface area (Å²) in [5.41, 5.74) is -0.320. The van der Waals surface area contributed by atoms with E-state index in [4.69, 9.17) is 0 Å². The van der Waals surface area contributed by atoms with Crippen molar-refractivity contribution >= 4 is 6.03 Å². The van der Waals surface area contributed by atoms with Crippen LogP contribution in [-0.2, 0) is 0 Å². The van der Waals surface area contributed by atoms with Crippen LogP contribution in [-0.4, -0.2) is 66.5 Å². The highest BCUT2D eigenvalue weighted by Gasteiger charge is 2.42. The Balaban J connectivity index is 1.99. The van der Waals surface area contributed by atoms with Gasteiger partial charge in [-0.25, -0.2) is 4.79 Å². The van der Waals surface area contributed by atoms with Gasteiger partial charge in [0, 0.05) is 27.2 Å². The molecule has 0 spiro atoms. The molecule has 0 radical (unpaired) electrons. The van der Waals surface area contributed by atoms with Crippen molar-refractivity contribution in [2.24, 2.45) is 0 Å². The van der Waals surface area contributed by atoms with Gasteiger partial charge in [-0.05, 0) is 38.8 Å². The number of rotatable bonds is 1. The lowest BCUT2D eigenvalue weighted by Gasteiger charge is -2.43. The normalized spacial score (nSPS) is 23.7. The van der Waals surface area contributed by atoms with Gasteiger partial charge in [0.1, 0.15) is 5.54 Å². The van der Waals surface area contributed by atoms with Crippen molar-refractivity contribution in [1.82, 2.24) is 14.7 Å². The van der Waals surface area contributed by atoms with Gasteiger partial charge in [-0.1, -0.05) is 0 Å². The van der Waals surface area contributed by atoms with Crippen molar-refractivity contribution in [3.63, 3.8) is 0 Å². The number of hydrogen-bond acceptors (Lipinski definition) is 3. The lowest BCUT2D eigenvalue weighted by Crippen LogP contribution is -2.55. The fourth-order valence-corrected chi connectivity index (χ4v) is 2.99. The maximum atomic E-state index is 11.9. The topological polar surface area (TPSA) is 50.6 Å². The van der Waals surface area contributed by atoms with Crippen LogP contribution in [0.5, 0.6) is 0 Å². The van der Waals surface area contributed by atoms with Crippen LogP contribution >= 0.6 is 0 Å². The Morgan fingerprint density at radius 1 is 1.17 bits per heavy atom. The lowest BCUT2D eigenvalue weighted by molar-refractivity contribution is 0.0828. The van der Waals surface area contributed by atoms with Crippen LogP contribution in [0.3, 0.4) is 0 Å².